The van der Waals surface area contributed by atoms with E-state index in [-0.39, 0.29) is 0 Å². The summed E-state index contributed by atoms with van der Waals surface area (Å²) >= 11 is 3.80. The first-order valence-electron chi connectivity index (χ1n) is 32.4. The summed E-state index contributed by atoms with van der Waals surface area (Å²) in [6.45, 7) is 0. The first kappa shape index (κ1) is 52.0. The summed E-state index contributed by atoms with van der Waals surface area (Å²) in [7, 11) is 0. The molecule has 0 saturated carbocycles. The molecule has 0 N–H and O–H groups in total. The van der Waals surface area contributed by atoms with Crippen LogP contribution in [0.2, 0.25) is 0 Å². The van der Waals surface area contributed by atoms with E-state index in [0.717, 1.165) is 0 Å². The van der Waals surface area contributed by atoms with Crippen LogP contribution < -0.4 is 0 Å². The lowest BCUT2D eigenvalue weighted by atomic mass is 9.91. The Morgan fingerprint density at radius 1 is 0.181 bits per heavy atom. The maximum absolute atomic E-state index is 2.56. The summed E-state index contributed by atoms with van der Waals surface area (Å²) in [6, 6.07) is 119. The van der Waals surface area contributed by atoms with Crippen LogP contribution >= 0.6 is 22.7 Å². The third kappa shape index (κ3) is 7.46. The second-order valence-corrected chi connectivity index (χ2v) is 27.4. The van der Waals surface area contributed by atoms with Crippen LogP contribution in [0.15, 0.2) is 315 Å². The molecule has 0 fully saturated rings. The molecule has 2 nitrogen and oxygen atoms in total. The zero-order valence-electron chi connectivity index (χ0n) is 50.7. The van der Waals surface area contributed by atoms with Crippen molar-refractivity contribution in [3.63, 3.8) is 0 Å². The Bertz CT molecular complexity index is 6790. The van der Waals surface area contributed by atoms with Crippen LogP contribution in [0.1, 0.15) is 0 Å². The molecular weight excluding hydrogens is 1170 g/mol. The molecule has 0 spiro atoms. The molecule has 0 aliphatic heterocycles. The van der Waals surface area contributed by atoms with Gasteiger partial charge >= 0.3 is 0 Å². The molecule has 21 rings (SSSR count). The van der Waals surface area contributed by atoms with E-state index < -0.39 is 0 Å². The van der Waals surface area contributed by atoms with Gasteiger partial charge in [-0.25, -0.2) is 0 Å². The van der Waals surface area contributed by atoms with E-state index in [2.05, 4.69) is 325 Å². The Morgan fingerprint density at radius 3 is 1.23 bits per heavy atom. The van der Waals surface area contributed by atoms with Gasteiger partial charge in [-0.3, -0.25) is 0 Å². The van der Waals surface area contributed by atoms with E-state index in [0.29, 0.717) is 0 Å². The fourth-order valence-electron chi connectivity index (χ4n) is 16.3. The number of rotatable bonds is 6. The highest BCUT2D eigenvalue weighted by molar-refractivity contribution is 7.27. The lowest BCUT2D eigenvalue weighted by Gasteiger charge is -2.17. The Kier molecular flexibility index (Phi) is 11.0. The van der Waals surface area contributed by atoms with Crippen molar-refractivity contribution < 1.29 is 0 Å². The standard InChI is InChI=1S/C90H52N2S2/c1-2-18-53(19-3-1)59-28-14-32-74-75-33-17-36-84(90(75)94-89(59)74)92-82-46-41-56(54-38-43-66-63-22-5-4-20-61(63)62-21-6-7-23-64(62)76(66)48-54)50-78(82)69-45-40-57(52-85(69)92)55-39-44-67-72-30-16-35-83(87(72)71-27-9-8-24-65(71)77(67)49-55)91-80-34-12-10-25-68(80)79-51-58(42-47-81(79)91)60-29-15-31-73-70-26-11-13-37-86(70)93-88(60)73/h1-52H. The van der Waals surface area contributed by atoms with Gasteiger partial charge in [-0.05, 0) is 170 Å². The van der Waals surface area contributed by atoms with Crippen LogP contribution in [0, 0.1) is 0 Å². The molecule has 0 amide bonds. The van der Waals surface area contributed by atoms with Crippen molar-refractivity contribution in [1.29, 1.82) is 0 Å². The zero-order chi connectivity index (χ0) is 61.3. The Morgan fingerprint density at radius 2 is 0.564 bits per heavy atom. The van der Waals surface area contributed by atoms with E-state index in [4.69, 9.17) is 0 Å². The smallest absolute Gasteiger partial charge is 0.0640 e. The van der Waals surface area contributed by atoms with E-state index in [1.165, 1.54) is 204 Å². The number of hydrogen-bond donors (Lipinski definition) is 0. The lowest BCUT2D eigenvalue weighted by Crippen LogP contribution is -1.97. The van der Waals surface area contributed by atoms with Crippen molar-refractivity contribution in [3.8, 4) is 55.9 Å². The van der Waals surface area contributed by atoms with E-state index in [9.17, 15) is 0 Å². The fourth-order valence-corrected chi connectivity index (χ4v) is 18.9. The van der Waals surface area contributed by atoms with Gasteiger partial charge in [0.2, 0.25) is 0 Å². The molecule has 4 heterocycles. The van der Waals surface area contributed by atoms with Crippen molar-refractivity contribution >= 4 is 171 Å². The molecule has 0 bridgehead atoms. The highest BCUT2D eigenvalue weighted by atomic mass is 32.1. The second-order valence-electron chi connectivity index (χ2n) is 25.3. The molecule has 0 aliphatic carbocycles. The number of thiophene rings is 2. The van der Waals surface area contributed by atoms with Crippen molar-refractivity contribution in [2.24, 2.45) is 0 Å². The van der Waals surface area contributed by atoms with Gasteiger partial charge in [0.15, 0.2) is 0 Å². The van der Waals surface area contributed by atoms with Crippen molar-refractivity contribution in [1.82, 2.24) is 9.13 Å². The lowest BCUT2D eigenvalue weighted by molar-refractivity contribution is 1.20. The summed E-state index contributed by atoms with van der Waals surface area (Å²) in [5.41, 5.74) is 16.9. The largest absolute Gasteiger partial charge is 0.309 e. The number of nitrogens with zero attached hydrogens (tertiary/aromatic N) is 2. The van der Waals surface area contributed by atoms with Gasteiger partial charge in [0.25, 0.3) is 0 Å². The molecule has 0 radical (unpaired) electrons. The molecular formula is C90H52N2S2. The monoisotopic (exact) mass is 1220 g/mol. The van der Waals surface area contributed by atoms with Gasteiger partial charge in [0.1, 0.15) is 0 Å². The van der Waals surface area contributed by atoms with Crippen LogP contribution in [0.4, 0.5) is 0 Å². The molecule has 17 aromatic carbocycles. The highest BCUT2D eigenvalue weighted by Crippen LogP contribution is 2.49. The van der Waals surface area contributed by atoms with E-state index in [1.807, 2.05) is 22.7 Å². The SMILES string of the molecule is c1ccc(-c2cccc3c2sc2c(-n4c5ccc(-c6ccc7c8ccccc8c8ccccc8c7c6)cc5c5ccc(-c6ccc7c(c6)c6ccccc6c6c(-n8c9ccccc9c9cc(-c%10cccc%11c%10sc%10ccccc%10%11)ccc98)cccc76)cc54)cccc23)cc1. The molecule has 0 atom stereocenters. The molecule has 21 aromatic rings. The summed E-state index contributed by atoms with van der Waals surface area (Å²) in [5, 5.41) is 25.3. The summed E-state index contributed by atoms with van der Waals surface area (Å²) in [4.78, 5) is 0. The second kappa shape index (κ2) is 19.9. The van der Waals surface area contributed by atoms with Gasteiger partial charge in [-0.1, -0.05) is 249 Å². The molecule has 4 heteroatoms. The number of fused-ring (bicyclic) bond motifs is 24. The van der Waals surface area contributed by atoms with E-state index in [1.54, 1.807) is 0 Å². The van der Waals surface area contributed by atoms with Crippen LogP contribution in [-0.4, -0.2) is 9.13 Å². The number of para-hydroxylation sites is 1. The minimum absolute atomic E-state index is 1.17. The van der Waals surface area contributed by atoms with Crippen molar-refractivity contribution in [2.75, 3.05) is 0 Å². The Hall–Kier alpha value is -11.7. The predicted octanol–water partition coefficient (Wildman–Crippen LogP) is 26.2. The van der Waals surface area contributed by atoms with Crippen LogP contribution in [0.3, 0.4) is 0 Å². The maximum Gasteiger partial charge on any atom is 0.0640 e. The van der Waals surface area contributed by atoms with Gasteiger partial charge in [0.05, 0.1) is 38.1 Å². The van der Waals surface area contributed by atoms with Crippen LogP contribution in [0.25, 0.3) is 204 Å². The summed E-state index contributed by atoms with van der Waals surface area (Å²) in [5.74, 6) is 0. The fraction of sp³-hybridized carbons (Fsp3) is 0. The average molecular weight is 1230 g/mol. The topological polar surface area (TPSA) is 9.86 Å². The minimum Gasteiger partial charge on any atom is -0.309 e. The van der Waals surface area contributed by atoms with Gasteiger partial charge in [0, 0.05) is 62.6 Å². The molecule has 434 valence electrons. The van der Waals surface area contributed by atoms with Crippen molar-refractivity contribution in [2.45, 2.75) is 0 Å². The summed E-state index contributed by atoms with van der Waals surface area (Å²) in [6.07, 6.45) is 0. The third-order valence-electron chi connectivity index (χ3n) is 20.5. The predicted molar refractivity (Wildman–Crippen MR) is 408 cm³/mol. The van der Waals surface area contributed by atoms with Crippen molar-refractivity contribution in [3.05, 3.63) is 315 Å². The van der Waals surface area contributed by atoms with Gasteiger partial charge in [-0.2, -0.15) is 0 Å². The van der Waals surface area contributed by atoms with Crippen LogP contribution in [0.5, 0.6) is 0 Å². The van der Waals surface area contributed by atoms with Crippen LogP contribution in [-0.2, 0) is 0 Å². The first-order chi connectivity index (χ1) is 46.6. The number of aromatic nitrogens is 2. The summed E-state index contributed by atoms with van der Waals surface area (Å²) < 4.78 is 10.3. The highest BCUT2D eigenvalue weighted by Gasteiger charge is 2.23. The first-order valence-corrected chi connectivity index (χ1v) is 34.0. The average Bonchev–Trinajstić information content (AvgIpc) is 1.45. The zero-order valence-corrected chi connectivity index (χ0v) is 52.4. The number of hydrogen-bond acceptors (Lipinski definition) is 2. The van der Waals surface area contributed by atoms with Gasteiger partial charge in [-0.15, -0.1) is 22.7 Å². The molecule has 0 saturated heterocycles. The Labute approximate surface area is 547 Å². The van der Waals surface area contributed by atoms with E-state index >= 15 is 0 Å². The molecule has 4 aromatic heterocycles. The minimum atomic E-state index is 1.17. The number of benzene rings is 17. The van der Waals surface area contributed by atoms with Gasteiger partial charge < -0.3 is 9.13 Å². The third-order valence-corrected chi connectivity index (χ3v) is 23.0. The Balaban J connectivity index is 0.751. The molecule has 94 heavy (non-hydrogen) atoms. The quantitative estimate of drug-likeness (QED) is 0.147. The maximum atomic E-state index is 2.56. The molecule has 0 aliphatic rings. The normalized spacial score (nSPS) is 12.3. The molecule has 0 unspecified atom stereocenters.